The van der Waals surface area contributed by atoms with Gasteiger partial charge >= 0.3 is 5.97 Å². The Balaban J connectivity index is 1.78. The van der Waals surface area contributed by atoms with Gasteiger partial charge in [0, 0.05) is 7.11 Å². The maximum atomic E-state index is 12.5. The number of nitrogens with zero attached hydrogens (tertiary/aromatic N) is 1. The Morgan fingerprint density at radius 3 is 2.79 bits per heavy atom. The number of carbonyl (C=O) groups is 2. The number of furan rings is 1. The van der Waals surface area contributed by atoms with Gasteiger partial charge in [0.05, 0.1) is 31.4 Å². The summed E-state index contributed by atoms with van der Waals surface area (Å²) < 4.78 is 21.1. The van der Waals surface area contributed by atoms with Gasteiger partial charge in [-0.25, -0.2) is 4.79 Å². The first-order chi connectivity index (χ1) is 13.5. The van der Waals surface area contributed by atoms with Crippen LogP contribution < -0.4 is 9.47 Å². The molecule has 1 aromatic heterocycles. The van der Waals surface area contributed by atoms with Crippen molar-refractivity contribution in [2.45, 2.75) is 0 Å². The van der Waals surface area contributed by atoms with Gasteiger partial charge in [-0.3, -0.25) is 9.69 Å². The highest BCUT2D eigenvalue weighted by Crippen LogP contribution is 2.34. The van der Waals surface area contributed by atoms with Crippen molar-refractivity contribution in [1.82, 2.24) is 4.90 Å². The summed E-state index contributed by atoms with van der Waals surface area (Å²) in [6, 6.07) is 8.09. The molecule has 0 aliphatic carbocycles. The van der Waals surface area contributed by atoms with Crippen molar-refractivity contribution in [3.63, 3.8) is 0 Å². The lowest BCUT2D eigenvalue weighted by Gasteiger charge is -2.13. The molecule has 1 aromatic carbocycles. The number of benzene rings is 1. The van der Waals surface area contributed by atoms with E-state index in [-0.39, 0.29) is 17.4 Å². The number of esters is 1. The largest absolute Gasteiger partial charge is 0.493 e. The van der Waals surface area contributed by atoms with Crippen molar-refractivity contribution < 1.29 is 28.2 Å². The standard InChI is InChI=1S/C19H17NO6S2/c1-23-9-7-20-17(21)16(28-19(20)27)11-12-5-6-13(15(10-12)24-2)26-18(22)14-4-3-8-25-14/h3-6,8,10-11H,7,9H2,1-2H3/b16-11-. The van der Waals surface area contributed by atoms with E-state index >= 15 is 0 Å². The van der Waals surface area contributed by atoms with Crippen LogP contribution >= 0.6 is 24.0 Å². The van der Waals surface area contributed by atoms with Crippen molar-refractivity contribution in [1.29, 1.82) is 0 Å². The first-order valence-corrected chi connectivity index (χ1v) is 9.44. The van der Waals surface area contributed by atoms with Gasteiger partial charge in [0.15, 0.2) is 11.5 Å². The summed E-state index contributed by atoms with van der Waals surface area (Å²) in [6.45, 7) is 0.812. The van der Waals surface area contributed by atoms with Crippen LogP contribution in [-0.2, 0) is 9.53 Å². The molecule has 1 saturated heterocycles. The van der Waals surface area contributed by atoms with Gasteiger partial charge in [0.2, 0.25) is 5.76 Å². The molecule has 146 valence electrons. The number of rotatable bonds is 7. The monoisotopic (exact) mass is 419 g/mol. The van der Waals surface area contributed by atoms with E-state index in [1.165, 1.54) is 36.1 Å². The Morgan fingerprint density at radius 1 is 1.29 bits per heavy atom. The fourth-order valence-electron chi connectivity index (χ4n) is 2.43. The molecule has 28 heavy (non-hydrogen) atoms. The van der Waals surface area contributed by atoms with Crippen LogP contribution in [0.2, 0.25) is 0 Å². The first kappa shape index (κ1) is 20.1. The lowest BCUT2D eigenvalue weighted by atomic mass is 10.2. The number of thiocarbonyl (C=S) groups is 1. The summed E-state index contributed by atoms with van der Waals surface area (Å²) in [5.41, 5.74) is 0.710. The number of carbonyl (C=O) groups excluding carboxylic acids is 2. The van der Waals surface area contributed by atoms with Crippen LogP contribution in [0.25, 0.3) is 6.08 Å². The summed E-state index contributed by atoms with van der Waals surface area (Å²) in [7, 11) is 3.04. The fraction of sp³-hybridized carbons (Fsp3) is 0.211. The van der Waals surface area contributed by atoms with Crippen molar-refractivity contribution in [2.75, 3.05) is 27.4 Å². The molecule has 1 amide bonds. The number of hydrogen-bond donors (Lipinski definition) is 0. The van der Waals surface area contributed by atoms with Crippen LogP contribution in [0.3, 0.4) is 0 Å². The van der Waals surface area contributed by atoms with Gasteiger partial charge in [-0.15, -0.1) is 0 Å². The van der Waals surface area contributed by atoms with Gasteiger partial charge in [-0.2, -0.15) is 0 Å². The van der Waals surface area contributed by atoms with E-state index in [1.807, 2.05) is 0 Å². The van der Waals surface area contributed by atoms with Crippen molar-refractivity contribution >= 4 is 46.3 Å². The highest BCUT2D eigenvalue weighted by atomic mass is 32.2. The molecule has 0 unspecified atom stereocenters. The quantitative estimate of drug-likeness (QED) is 0.293. The molecule has 0 atom stereocenters. The molecule has 2 aromatic rings. The van der Waals surface area contributed by atoms with Gasteiger partial charge < -0.3 is 18.6 Å². The predicted molar refractivity (Wildman–Crippen MR) is 108 cm³/mol. The highest BCUT2D eigenvalue weighted by Gasteiger charge is 2.31. The topological polar surface area (TPSA) is 78.2 Å². The summed E-state index contributed by atoms with van der Waals surface area (Å²) in [6.07, 6.45) is 3.10. The molecule has 1 aliphatic rings. The van der Waals surface area contributed by atoms with Gasteiger partial charge in [0.1, 0.15) is 4.32 Å². The Morgan fingerprint density at radius 2 is 2.11 bits per heavy atom. The summed E-state index contributed by atoms with van der Waals surface area (Å²) >= 11 is 6.49. The lowest BCUT2D eigenvalue weighted by Crippen LogP contribution is -2.31. The van der Waals surface area contributed by atoms with Crippen LogP contribution in [0.1, 0.15) is 16.1 Å². The second-order valence-electron chi connectivity index (χ2n) is 5.60. The van der Waals surface area contributed by atoms with E-state index in [0.29, 0.717) is 33.7 Å². The normalized spacial score (nSPS) is 15.4. The van der Waals surface area contributed by atoms with Crippen LogP contribution in [0.15, 0.2) is 45.9 Å². The fourth-order valence-corrected chi connectivity index (χ4v) is 3.74. The number of hydrogen-bond acceptors (Lipinski definition) is 8. The average Bonchev–Trinajstić information content (AvgIpc) is 3.31. The molecule has 1 fully saturated rings. The molecule has 0 bridgehead atoms. The van der Waals surface area contributed by atoms with Crippen LogP contribution in [0.5, 0.6) is 11.5 Å². The molecular formula is C19H17NO6S2. The predicted octanol–water partition coefficient (Wildman–Crippen LogP) is 3.36. The SMILES string of the molecule is COCCN1C(=O)/C(=C/c2ccc(OC(=O)c3ccco3)c(OC)c2)SC1=S. The van der Waals surface area contributed by atoms with E-state index in [1.54, 1.807) is 37.5 Å². The number of ether oxygens (including phenoxy) is 3. The lowest BCUT2D eigenvalue weighted by molar-refractivity contribution is -0.122. The second kappa shape index (κ2) is 9.05. The zero-order valence-corrected chi connectivity index (χ0v) is 16.8. The molecule has 3 rings (SSSR count). The van der Waals surface area contributed by atoms with Crippen LogP contribution in [0.4, 0.5) is 0 Å². The molecule has 0 saturated carbocycles. The Bertz CT molecular complexity index is 923. The van der Waals surface area contributed by atoms with Gasteiger partial charge in [0.25, 0.3) is 5.91 Å². The third-order valence-electron chi connectivity index (χ3n) is 3.80. The third-order valence-corrected chi connectivity index (χ3v) is 5.18. The van der Waals surface area contributed by atoms with Gasteiger partial charge in [-0.1, -0.05) is 30.0 Å². The van der Waals surface area contributed by atoms with Crippen molar-refractivity contribution in [3.8, 4) is 11.5 Å². The minimum Gasteiger partial charge on any atom is -0.493 e. The van der Waals surface area contributed by atoms with E-state index in [9.17, 15) is 9.59 Å². The number of amides is 1. The molecular weight excluding hydrogens is 402 g/mol. The summed E-state index contributed by atoms with van der Waals surface area (Å²) in [5.74, 6) is -0.113. The number of methoxy groups -OCH3 is 2. The molecule has 0 radical (unpaired) electrons. The molecule has 7 nitrogen and oxygen atoms in total. The van der Waals surface area contributed by atoms with E-state index in [4.69, 9.17) is 30.8 Å². The number of thioether (sulfide) groups is 1. The Kier molecular flexibility index (Phi) is 6.50. The minimum absolute atomic E-state index is 0.0888. The molecule has 0 spiro atoms. The summed E-state index contributed by atoms with van der Waals surface area (Å²) in [5, 5.41) is 0. The first-order valence-electron chi connectivity index (χ1n) is 8.21. The maximum absolute atomic E-state index is 12.5. The zero-order chi connectivity index (χ0) is 20.1. The maximum Gasteiger partial charge on any atom is 0.379 e. The minimum atomic E-state index is -0.630. The molecule has 9 heteroatoms. The van der Waals surface area contributed by atoms with Crippen LogP contribution in [0, 0.1) is 0 Å². The Hall–Kier alpha value is -2.62. The smallest absolute Gasteiger partial charge is 0.379 e. The Labute approximate surface area is 171 Å². The molecule has 1 aliphatic heterocycles. The van der Waals surface area contributed by atoms with Crippen LogP contribution in [-0.4, -0.2) is 48.5 Å². The average molecular weight is 419 g/mol. The van der Waals surface area contributed by atoms with Crippen molar-refractivity contribution in [2.24, 2.45) is 0 Å². The van der Waals surface area contributed by atoms with E-state index < -0.39 is 5.97 Å². The van der Waals surface area contributed by atoms with Crippen molar-refractivity contribution in [3.05, 3.63) is 52.8 Å². The van der Waals surface area contributed by atoms with E-state index in [0.717, 1.165) is 0 Å². The van der Waals surface area contributed by atoms with E-state index in [2.05, 4.69) is 0 Å². The molecule has 0 N–H and O–H groups in total. The summed E-state index contributed by atoms with van der Waals surface area (Å²) in [4.78, 5) is 26.6. The van der Waals surface area contributed by atoms with Gasteiger partial charge in [-0.05, 0) is 35.9 Å². The second-order valence-corrected chi connectivity index (χ2v) is 7.28. The molecule has 2 heterocycles. The zero-order valence-electron chi connectivity index (χ0n) is 15.2. The highest BCUT2D eigenvalue weighted by molar-refractivity contribution is 8.26. The third kappa shape index (κ3) is 4.44.